The number of aromatic hydroxyl groups is 1. The van der Waals surface area contributed by atoms with Gasteiger partial charge in [0.05, 0.1) is 23.2 Å². The van der Waals surface area contributed by atoms with Crippen LogP contribution in [0.25, 0.3) is 0 Å². The minimum atomic E-state index is -0.791. The summed E-state index contributed by atoms with van der Waals surface area (Å²) in [4.78, 5) is 30.2. The minimum Gasteiger partial charge on any atom is -0.508 e. The summed E-state index contributed by atoms with van der Waals surface area (Å²) in [6, 6.07) is 14.0. The predicted molar refractivity (Wildman–Crippen MR) is 243 cm³/mol. The molecule has 0 aromatic heterocycles. The topological polar surface area (TPSA) is 157 Å². The second-order valence-corrected chi connectivity index (χ2v) is 23.3. The van der Waals surface area contributed by atoms with Crippen LogP contribution in [0.15, 0.2) is 53.6 Å². The number of epoxide rings is 1. The van der Waals surface area contributed by atoms with Gasteiger partial charge in [-0.25, -0.2) is 0 Å². The van der Waals surface area contributed by atoms with E-state index in [2.05, 4.69) is 77.3 Å². The fourth-order valence-electron chi connectivity index (χ4n) is 17.2. The van der Waals surface area contributed by atoms with Gasteiger partial charge in [-0.15, -0.1) is 0 Å². The highest BCUT2D eigenvalue weighted by Crippen LogP contribution is 2.79. The largest absolute Gasteiger partial charge is 0.508 e. The molecule has 2 aromatic rings. The third-order valence-corrected chi connectivity index (χ3v) is 19.2. The van der Waals surface area contributed by atoms with Gasteiger partial charge in [-0.05, 0) is 166 Å². The Balaban J connectivity index is 1.06. The molecule has 4 bridgehead atoms. The second-order valence-electron chi connectivity index (χ2n) is 23.3. The lowest BCUT2D eigenvalue weighted by molar-refractivity contribution is -0.213. The smallest absolute Gasteiger partial charge is 0.159 e. The van der Waals surface area contributed by atoms with Crippen LogP contribution in [0.1, 0.15) is 149 Å². The van der Waals surface area contributed by atoms with Crippen LogP contribution in [0.3, 0.4) is 0 Å². The number of rotatable bonds is 12. The average Bonchev–Trinajstić information content (AvgIpc) is 3.54. The highest BCUT2D eigenvalue weighted by Gasteiger charge is 2.78. The van der Waals surface area contributed by atoms with Gasteiger partial charge in [0.15, 0.2) is 5.78 Å². The number of carbonyl (C=O) groups excluding carboxylic acids is 2. The Kier molecular flexibility index (Phi) is 10.5. The Morgan fingerprint density at radius 2 is 1.71 bits per heavy atom. The Hall–Kier alpha value is -3.08. The summed E-state index contributed by atoms with van der Waals surface area (Å²) in [6.45, 7) is 18.8. The SMILES string of the molecule is CNCc1cc(O)cc(C23CCC4(NCC(C)O)CC5(C)C(CCC6=C(C(C)CC(O)C7OC7(C)C7CCCC7c7cccc(N)c7)C(=O)CC65C)C(C)(C2)C4C(C)(C)C3=O)c1. The maximum atomic E-state index is 15.4. The third-order valence-electron chi connectivity index (χ3n) is 19.2. The highest BCUT2D eigenvalue weighted by molar-refractivity contribution is 6.01. The molecule has 7 fully saturated rings. The fourth-order valence-corrected chi connectivity index (χ4v) is 17.2. The number of allylic oxidation sites excluding steroid dienone is 2. The number of aliphatic hydroxyl groups excluding tert-OH is 2. The summed E-state index contributed by atoms with van der Waals surface area (Å²) in [5.41, 5.74) is 8.94. The zero-order chi connectivity index (χ0) is 44.6. The van der Waals surface area contributed by atoms with Crippen molar-refractivity contribution in [3.8, 4) is 5.75 Å². The van der Waals surface area contributed by atoms with Crippen molar-refractivity contribution < 1.29 is 29.6 Å². The second kappa shape index (κ2) is 14.7. The molecule has 14 atom stereocenters. The van der Waals surface area contributed by atoms with E-state index in [1.54, 1.807) is 6.07 Å². The summed E-state index contributed by atoms with van der Waals surface area (Å²) < 4.78 is 6.52. The zero-order valence-electron chi connectivity index (χ0n) is 39.0. The van der Waals surface area contributed by atoms with Gasteiger partial charge < -0.3 is 36.4 Å². The first kappa shape index (κ1) is 44.1. The predicted octanol–water partition coefficient (Wildman–Crippen LogP) is 8.28. The summed E-state index contributed by atoms with van der Waals surface area (Å²) in [5, 5.41) is 41.3. The third kappa shape index (κ3) is 6.24. The number of benzene rings is 2. The number of hydrogen-bond donors (Lipinski definition) is 6. The Morgan fingerprint density at radius 3 is 2.42 bits per heavy atom. The van der Waals surface area contributed by atoms with E-state index in [0.717, 1.165) is 67.3 Å². The Morgan fingerprint density at radius 1 is 0.952 bits per heavy atom. The number of hydrogen-bond acceptors (Lipinski definition) is 9. The normalized spacial score (nSPS) is 42.0. The summed E-state index contributed by atoms with van der Waals surface area (Å²) in [6.07, 6.45) is 7.35. The van der Waals surface area contributed by atoms with Crippen LogP contribution in [0.5, 0.6) is 5.75 Å². The van der Waals surface area contributed by atoms with Crippen LogP contribution in [0.2, 0.25) is 0 Å². The molecule has 7 N–H and O–H groups in total. The van der Waals surface area contributed by atoms with Gasteiger partial charge in [0.25, 0.3) is 0 Å². The van der Waals surface area contributed by atoms with Crippen LogP contribution < -0.4 is 16.4 Å². The van der Waals surface area contributed by atoms with Crippen molar-refractivity contribution in [3.05, 3.63) is 70.3 Å². The number of Topliss-reactive ketones (excluding diaryl/α,β-unsaturated/α-hetero) is 2. The number of β-amino-alcohol motifs (C(OH)–C–C–N with tert-alkyl or cyclic N) is 1. The number of carbonyl (C=O) groups is 2. The number of nitrogens with two attached hydrogens (primary N) is 1. The molecular weight excluding hydrogens is 775 g/mol. The molecule has 62 heavy (non-hydrogen) atoms. The van der Waals surface area contributed by atoms with Crippen LogP contribution in [-0.2, 0) is 26.3 Å². The lowest BCUT2D eigenvalue weighted by Crippen LogP contribution is -2.74. The van der Waals surface area contributed by atoms with Gasteiger partial charge in [-0.2, -0.15) is 0 Å². The van der Waals surface area contributed by atoms with Gasteiger partial charge in [-0.3, -0.25) is 9.59 Å². The van der Waals surface area contributed by atoms with E-state index in [1.165, 1.54) is 11.1 Å². The van der Waals surface area contributed by atoms with E-state index < -0.39 is 39.6 Å². The van der Waals surface area contributed by atoms with E-state index in [4.69, 9.17) is 10.5 Å². The molecule has 7 aliphatic carbocycles. The molecule has 8 aliphatic rings. The summed E-state index contributed by atoms with van der Waals surface area (Å²) in [7, 11) is 1.90. The lowest BCUT2D eigenvalue weighted by atomic mass is 9.32. The molecule has 9 heteroatoms. The molecule has 9 nitrogen and oxygen atoms in total. The number of ketones is 2. The Bertz CT molecular complexity index is 2180. The molecule has 1 heterocycles. The van der Waals surface area contributed by atoms with E-state index in [9.17, 15) is 20.1 Å². The first-order valence-corrected chi connectivity index (χ1v) is 24.0. The highest BCUT2D eigenvalue weighted by atomic mass is 16.6. The number of phenolic OH excluding ortho intramolecular Hbond substituents is 1. The maximum Gasteiger partial charge on any atom is 0.159 e. The molecule has 338 valence electrons. The minimum absolute atomic E-state index is 0.00267. The number of anilines is 1. The van der Waals surface area contributed by atoms with Crippen molar-refractivity contribution in [1.29, 1.82) is 0 Å². The van der Waals surface area contributed by atoms with Gasteiger partial charge in [0, 0.05) is 41.6 Å². The van der Waals surface area contributed by atoms with Gasteiger partial charge >= 0.3 is 0 Å². The first-order chi connectivity index (χ1) is 29.1. The number of fused-ring (bicyclic) bond motifs is 5. The van der Waals surface area contributed by atoms with Crippen molar-refractivity contribution in [2.75, 3.05) is 19.3 Å². The van der Waals surface area contributed by atoms with Crippen molar-refractivity contribution in [2.24, 2.45) is 45.3 Å². The monoisotopic (exact) mass is 850 g/mol. The molecule has 0 amide bonds. The number of nitrogen functional groups attached to an aromatic ring is 1. The first-order valence-electron chi connectivity index (χ1n) is 24.0. The van der Waals surface area contributed by atoms with E-state index in [0.29, 0.717) is 50.6 Å². The summed E-state index contributed by atoms with van der Waals surface area (Å²) >= 11 is 0. The maximum absolute atomic E-state index is 15.4. The molecule has 0 spiro atoms. The van der Waals surface area contributed by atoms with Crippen molar-refractivity contribution in [2.45, 2.75) is 173 Å². The van der Waals surface area contributed by atoms with Crippen LogP contribution in [0, 0.1) is 45.3 Å². The van der Waals surface area contributed by atoms with Crippen LogP contribution in [0.4, 0.5) is 5.69 Å². The van der Waals surface area contributed by atoms with E-state index in [1.807, 2.05) is 32.2 Å². The molecule has 1 saturated heterocycles. The number of aliphatic hydroxyl groups is 2. The molecule has 0 radical (unpaired) electrons. The van der Waals surface area contributed by atoms with Crippen LogP contribution in [-0.4, -0.2) is 69.9 Å². The van der Waals surface area contributed by atoms with Gasteiger partial charge in [0.2, 0.25) is 0 Å². The molecule has 2 aromatic carbocycles. The molecular formula is C53H75N3O6. The molecule has 10 rings (SSSR count). The van der Waals surface area contributed by atoms with Gasteiger partial charge in [0.1, 0.15) is 17.6 Å². The van der Waals surface area contributed by atoms with Crippen molar-refractivity contribution in [3.63, 3.8) is 0 Å². The van der Waals surface area contributed by atoms with E-state index in [-0.39, 0.29) is 52.0 Å². The van der Waals surface area contributed by atoms with Crippen molar-refractivity contribution >= 4 is 17.3 Å². The number of nitrogens with one attached hydrogen (secondary N) is 2. The van der Waals surface area contributed by atoms with E-state index >= 15 is 4.79 Å². The molecule has 14 unspecified atom stereocenters. The molecule has 1 aliphatic heterocycles. The quantitative estimate of drug-likeness (QED) is 0.0914. The Labute approximate surface area is 370 Å². The zero-order valence-corrected chi connectivity index (χ0v) is 39.0. The average molecular weight is 850 g/mol. The van der Waals surface area contributed by atoms with Gasteiger partial charge in [-0.1, -0.05) is 71.7 Å². The lowest BCUT2D eigenvalue weighted by Gasteiger charge is -2.73. The van der Waals surface area contributed by atoms with Crippen LogP contribution >= 0.6 is 0 Å². The fraction of sp³-hybridized carbons (Fsp3) is 0.698. The standard InChI is InChI=1S/C53H75N3O6/c1-30(20-40(59)44-51(8,62-44)38-15-11-14-37(38)33-12-10-13-35(54)23-33)43-39-16-17-42-48(5)28-52(34-21-32(27-55-9)22-36(58)24-34)18-19-53(56-26-31(2)57,45(48)47(3,4)46(52)61)29-50(42,7)49(39,6)25-41(43)60/h10,12-13,21-24,30-31,37-38,40,42,44-45,55-59H,11,14-20,25-29,54H2,1-9H3. The number of ether oxygens (including phenoxy) is 1. The number of phenols is 1. The van der Waals surface area contributed by atoms with Crippen molar-refractivity contribution in [1.82, 2.24) is 10.6 Å². The summed E-state index contributed by atoms with van der Waals surface area (Å²) in [5.74, 6) is 1.43. The molecule has 6 saturated carbocycles.